The molecule has 1 atom stereocenters. The molecule has 0 aromatic heterocycles. The fourth-order valence-corrected chi connectivity index (χ4v) is 3.14. The first-order valence-electron chi connectivity index (χ1n) is 6.14. The van der Waals surface area contributed by atoms with Gasteiger partial charge in [0, 0.05) is 29.6 Å². The number of carbonyl (C=O) groups excluding carboxylic acids is 2. The maximum absolute atomic E-state index is 12.3. The Bertz CT molecular complexity index is 344. The molecule has 0 aromatic rings. The van der Waals surface area contributed by atoms with Crippen LogP contribution in [0, 0.1) is 11.3 Å². The zero-order chi connectivity index (χ0) is 13.8. The van der Waals surface area contributed by atoms with E-state index in [1.165, 1.54) is 0 Å². The number of nitrogens with one attached hydrogen (secondary N) is 2. The normalized spacial score (nSPS) is 19.2. The van der Waals surface area contributed by atoms with Crippen molar-refractivity contribution >= 4 is 70.5 Å². The zero-order valence-electron chi connectivity index (χ0n) is 12.0. The Labute approximate surface area is 146 Å². The van der Waals surface area contributed by atoms with E-state index in [2.05, 4.69) is 17.6 Å². The summed E-state index contributed by atoms with van der Waals surface area (Å²) in [5, 5.41) is 5.32. The van der Waals surface area contributed by atoms with Crippen molar-refractivity contribution in [2.24, 2.45) is 11.3 Å². The van der Waals surface area contributed by atoms with Crippen LogP contribution in [0.4, 0.5) is 0 Å². The van der Waals surface area contributed by atoms with Crippen LogP contribution in [0.15, 0.2) is 0 Å². The third-order valence-electron chi connectivity index (χ3n) is 3.53. The summed E-state index contributed by atoms with van der Waals surface area (Å²) in [4.78, 5) is 24.6. The average Bonchev–Trinajstić information content (AvgIpc) is 2.28. The van der Waals surface area contributed by atoms with Crippen molar-refractivity contribution in [2.75, 3.05) is 12.0 Å². The summed E-state index contributed by atoms with van der Waals surface area (Å²) in [5.41, 5.74) is -0.971. The molecule has 1 aliphatic rings. The molecule has 1 radical (unpaired) electrons. The monoisotopic (exact) mass is 311 g/mol. The fourth-order valence-electron chi connectivity index (χ4n) is 2.43. The molecule has 1 aliphatic heterocycles. The van der Waals surface area contributed by atoms with E-state index in [0.717, 1.165) is 18.6 Å². The van der Waals surface area contributed by atoms with Crippen LogP contribution < -0.4 is 10.6 Å². The van der Waals surface area contributed by atoms with Gasteiger partial charge in [0.25, 0.3) is 0 Å². The van der Waals surface area contributed by atoms with E-state index in [0.29, 0.717) is 6.42 Å². The molecule has 1 heterocycles. The molecule has 2 N–H and O–H groups in total. The summed E-state index contributed by atoms with van der Waals surface area (Å²) in [5.74, 6) is 0.303. The molecular formula is C12H20N2NaO2S2. The Hall–Kier alpha value is 0.380. The van der Waals surface area contributed by atoms with Gasteiger partial charge in [-0.05, 0) is 43.0 Å². The van der Waals surface area contributed by atoms with Gasteiger partial charge < -0.3 is 10.6 Å². The van der Waals surface area contributed by atoms with Crippen LogP contribution in [-0.4, -0.2) is 58.5 Å². The minimum Gasteiger partial charge on any atom is -0.302 e. The van der Waals surface area contributed by atoms with Crippen molar-refractivity contribution in [1.29, 1.82) is 0 Å². The van der Waals surface area contributed by atoms with Gasteiger partial charge in [0.2, 0.25) is 11.8 Å². The predicted octanol–water partition coefficient (Wildman–Crippen LogP) is 1.31. The predicted molar refractivity (Wildman–Crippen MR) is 84.1 cm³/mol. The number of thiocarbonyl (C=S) groups is 1. The van der Waals surface area contributed by atoms with Crippen molar-refractivity contribution in [2.45, 2.75) is 33.1 Å². The number of hydrogen-bond acceptors (Lipinski definition) is 4. The summed E-state index contributed by atoms with van der Waals surface area (Å²) < 4.78 is 0. The molecule has 2 amide bonds. The molecule has 103 valence electrons. The Balaban J connectivity index is 0.00000324. The van der Waals surface area contributed by atoms with Gasteiger partial charge in [0.05, 0.1) is 0 Å². The van der Waals surface area contributed by atoms with Crippen molar-refractivity contribution < 1.29 is 9.59 Å². The zero-order valence-corrected chi connectivity index (χ0v) is 15.7. The maximum Gasteiger partial charge on any atom is 0.242 e. The fraction of sp³-hybridized carbons (Fsp3) is 0.750. The van der Waals surface area contributed by atoms with Gasteiger partial charge >= 0.3 is 0 Å². The molecule has 1 fully saturated rings. The minimum absolute atomic E-state index is 0. The maximum atomic E-state index is 12.3. The smallest absolute Gasteiger partial charge is 0.242 e. The van der Waals surface area contributed by atoms with Gasteiger partial charge in [-0.25, -0.2) is 0 Å². The molecule has 0 bridgehead atoms. The van der Waals surface area contributed by atoms with Crippen LogP contribution in [-0.2, 0) is 9.59 Å². The first-order valence-corrected chi connectivity index (χ1v) is 7.95. The van der Waals surface area contributed by atoms with E-state index < -0.39 is 5.41 Å². The van der Waals surface area contributed by atoms with Gasteiger partial charge in [-0.15, -0.1) is 0 Å². The number of hydrogen-bond donors (Lipinski definition) is 2. The number of rotatable bonds is 6. The first kappa shape index (κ1) is 19.4. The van der Waals surface area contributed by atoms with Crippen LogP contribution in [0.1, 0.15) is 33.1 Å². The number of thioether (sulfide) groups is 1. The average molecular weight is 311 g/mol. The standard InChI is InChI=1S/C12H20N2O2S2.Na/c1-4-5-8(2)12(6-7-18-3)9(15)13-11(17)14-10(12)16;/h8H,4-7H2,1-3H3,(H2,13,14,15,16,17);. The van der Waals surface area contributed by atoms with Gasteiger partial charge in [-0.2, -0.15) is 11.8 Å². The SMILES string of the molecule is CCCC(C)C1(CCSC)C(=O)NC(=S)NC1=O.[Na]. The van der Waals surface area contributed by atoms with Crippen LogP contribution in [0.3, 0.4) is 0 Å². The first-order chi connectivity index (χ1) is 8.48. The van der Waals surface area contributed by atoms with E-state index in [1.54, 1.807) is 11.8 Å². The van der Waals surface area contributed by atoms with Crippen molar-refractivity contribution in [3.8, 4) is 0 Å². The Morgan fingerprint density at radius 1 is 1.32 bits per heavy atom. The number of carbonyl (C=O) groups is 2. The van der Waals surface area contributed by atoms with E-state index >= 15 is 0 Å². The van der Waals surface area contributed by atoms with E-state index in [-0.39, 0.29) is 52.4 Å². The molecule has 4 nitrogen and oxygen atoms in total. The van der Waals surface area contributed by atoms with E-state index in [9.17, 15) is 9.59 Å². The summed E-state index contributed by atoms with van der Waals surface area (Å²) in [6.07, 6.45) is 4.33. The van der Waals surface area contributed by atoms with Gasteiger partial charge in [-0.3, -0.25) is 9.59 Å². The molecule has 7 heteroatoms. The largest absolute Gasteiger partial charge is 0.302 e. The Morgan fingerprint density at radius 3 is 2.26 bits per heavy atom. The molecule has 0 spiro atoms. The minimum atomic E-state index is -0.971. The molecule has 0 aromatic carbocycles. The molecular weight excluding hydrogens is 291 g/mol. The van der Waals surface area contributed by atoms with Crippen LogP contribution in [0.2, 0.25) is 0 Å². The van der Waals surface area contributed by atoms with Crippen LogP contribution in [0.5, 0.6) is 0 Å². The molecule has 1 saturated heterocycles. The summed E-state index contributed by atoms with van der Waals surface area (Å²) in [6, 6.07) is 0. The summed E-state index contributed by atoms with van der Waals surface area (Å²) in [7, 11) is 0. The molecule has 19 heavy (non-hydrogen) atoms. The van der Waals surface area contributed by atoms with E-state index in [1.807, 2.05) is 13.2 Å². The summed E-state index contributed by atoms with van der Waals surface area (Å²) in [6.45, 7) is 4.03. The molecule has 1 unspecified atom stereocenters. The van der Waals surface area contributed by atoms with Crippen molar-refractivity contribution in [3.63, 3.8) is 0 Å². The molecule has 0 saturated carbocycles. The molecule has 1 rings (SSSR count). The summed E-state index contributed by atoms with van der Waals surface area (Å²) >= 11 is 6.50. The third-order valence-corrected chi connectivity index (χ3v) is 4.34. The van der Waals surface area contributed by atoms with Crippen molar-refractivity contribution in [1.82, 2.24) is 10.6 Å². The second-order valence-electron chi connectivity index (χ2n) is 4.64. The second kappa shape index (κ2) is 8.62. The Morgan fingerprint density at radius 2 is 1.84 bits per heavy atom. The van der Waals surface area contributed by atoms with Gasteiger partial charge in [0.15, 0.2) is 5.11 Å². The van der Waals surface area contributed by atoms with Crippen LogP contribution >= 0.6 is 24.0 Å². The van der Waals surface area contributed by atoms with Crippen LogP contribution in [0.25, 0.3) is 0 Å². The number of amides is 2. The molecule has 0 aliphatic carbocycles. The quantitative estimate of drug-likeness (QED) is 0.441. The third kappa shape index (κ3) is 4.17. The Kier molecular flexibility index (Phi) is 8.79. The van der Waals surface area contributed by atoms with E-state index in [4.69, 9.17) is 12.2 Å². The van der Waals surface area contributed by atoms with Gasteiger partial charge in [-0.1, -0.05) is 20.3 Å². The van der Waals surface area contributed by atoms with Gasteiger partial charge in [0.1, 0.15) is 5.41 Å². The van der Waals surface area contributed by atoms with Crippen molar-refractivity contribution in [3.05, 3.63) is 0 Å². The topological polar surface area (TPSA) is 58.2 Å². The second-order valence-corrected chi connectivity index (χ2v) is 6.04.